The van der Waals surface area contributed by atoms with Gasteiger partial charge in [-0.05, 0) is 0 Å². The Kier molecular flexibility index (Phi) is 2.20. The summed E-state index contributed by atoms with van der Waals surface area (Å²) in [6.45, 7) is 0.628. The number of hydrogen-bond acceptors (Lipinski definition) is 4. The van der Waals surface area contributed by atoms with Crippen LogP contribution in [0.4, 0.5) is 5.82 Å². The molecule has 0 atom stereocenters. The molecule has 0 saturated carbocycles. The lowest BCUT2D eigenvalue weighted by Crippen LogP contribution is -2.04. The van der Waals surface area contributed by atoms with Gasteiger partial charge in [0, 0.05) is 11.1 Å². The lowest BCUT2D eigenvalue weighted by Gasteiger charge is -2.00. The van der Waals surface area contributed by atoms with E-state index in [1.807, 2.05) is 0 Å². The number of nitrogens with zero attached hydrogens (tertiary/aromatic N) is 3. The summed E-state index contributed by atoms with van der Waals surface area (Å²) in [4.78, 5) is 5.06. The van der Waals surface area contributed by atoms with Crippen LogP contribution in [0.5, 0.6) is 0 Å². The van der Waals surface area contributed by atoms with Gasteiger partial charge >= 0.3 is 0 Å². The number of rotatable bonds is 2. The van der Waals surface area contributed by atoms with Gasteiger partial charge < -0.3 is 5.73 Å². The van der Waals surface area contributed by atoms with E-state index in [1.54, 1.807) is 27.7 Å². The highest BCUT2D eigenvalue weighted by molar-refractivity contribution is 7.09. The van der Waals surface area contributed by atoms with Crippen LogP contribution in [0.25, 0.3) is 0 Å². The van der Waals surface area contributed by atoms with Crippen molar-refractivity contribution < 1.29 is 0 Å². The maximum absolute atomic E-state index is 5.75. The molecule has 0 amide bonds. The molecule has 0 aliphatic rings. The molecular weight excluding hydrogens is 208 g/mol. The fourth-order valence-electron chi connectivity index (χ4n) is 0.966. The third kappa shape index (κ3) is 1.66. The van der Waals surface area contributed by atoms with E-state index in [0.717, 1.165) is 4.88 Å². The van der Waals surface area contributed by atoms with Crippen LogP contribution in [-0.2, 0) is 6.54 Å². The zero-order valence-electron chi connectivity index (χ0n) is 6.64. The van der Waals surface area contributed by atoms with Crippen LogP contribution < -0.4 is 5.73 Å². The first-order valence-electron chi connectivity index (χ1n) is 3.61. The SMILES string of the molecule is Nc1c(Cl)cnn1Cc1cncs1. The van der Waals surface area contributed by atoms with Crippen molar-refractivity contribution in [3.05, 3.63) is 27.8 Å². The van der Waals surface area contributed by atoms with Crippen molar-refractivity contribution in [1.29, 1.82) is 0 Å². The molecule has 0 radical (unpaired) electrons. The highest BCUT2D eigenvalue weighted by Gasteiger charge is 2.05. The normalized spacial score (nSPS) is 10.5. The zero-order valence-corrected chi connectivity index (χ0v) is 8.22. The quantitative estimate of drug-likeness (QED) is 0.827. The van der Waals surface area contributed by atoms with Gasteiger partial charge in [0.05, 0.1) is 18.3 Å². The van der Waals surface area contributed by atoms with E-state index in [-0.39, 0.29) is 0 Å². The smallest absolute Gasteiger partial charge is 0.141 e. The predicted octanol–water partition coefficient (Wildman–Crippen LogP) is 1.62. The lowest BCUT2D eigenvalue weighted by atomic mass is 10.5. The first-order chi connectivity index (χ1) is 6.27. The van der Waals surface area contributed by atoms with E-state index in [4.69, 9.17) is 17.3 Å². The molecule has 2 aromatic heterocycles. The van der Waals surface area contributed by atoms with Crippen molar-refractivity contribution in [1.82, 2.24) is 14.8 Å². The van der Waals surface area contributed by atoms with E-state index in [1.165, 1.54) is 6.20 Å². The van der Waals surface area contributed by atoms with Crippen LogP contribution in [0.1, 0.15) is 4.88 Å². The highest BCUT2D eigenvalue weighted by Crippen LogP contribution is 2.18. The average molecular weight is 215 g/mol. The van der Waals surface area contributed by atoms with Gasteiger partial charge in [0.25, 0.3) is 0 Å². The molecule has 6 heteroatoms. The minimum Gasteiger partial charge on any atom is -0.383 e. The third-order valence-corrected chi connectivity index (χ3v) is 2.68. The predicted molar refractivity (Wildman–Crippen MR) is 52.9 cm³/mol. The Hall–Kier alpha value is -1.07. The Morgan fingerprint density at radius 3 is 2.92 bits per heavy atom. The molecule has 0 aliphatic carbocycles. The fraction of sp³-hybridized carbons (Fsp3) is 0.143. The fourth-order valence-corrected chi connectivity index (χ4v) is 1.68. The van der Waals surface area contributed by atoms with E-state index in [0.29, 0.717) is 17.4 Å². The van der Waals surface area contributed by atoms with Crippen LogP contribution in [0.2, 0.25) is 5.02 Å². The lowest BCUT2D eigenvalue weighted by molar-refractivity contribution is 0.704. The van der Waals surface area contributed by atoms with E-state index in [2.05, 4.69) is 10.1 Å². The third-order valence-electron chi connectivity index (χ3n) is 1.62. The van der Waals surface area contributed by atoms with Crippen LogP contribution in [0.3, 0.4) is 0 Å². The summed E-state index contributed by atoms with van der Waals surface area (Å²) in [6, 6.07) is 0. The Morgan fingerprint density at radius 1 is 1.54 bits per heavy atom. The van der Waals surface area contributed by atoms with Crippen molar-refractivity contribution in [3.63, 3.8) is 0 Å². The molecule has 2 rings (SSSR count). The summed E-state index contributed by atoms with van der Waals surface area (Å²) in [5, 5.41) is 4.52. The minimum atomic E-state index is 0.490. The standard InChI is InChI=1S/C7H7ClN4S/c8-6-2-11-12(7(6)9)3-5-1-10-4-13-5/h1-2,4H,3,9H2. The van der Waals surface area contributed by atoms with Crippen LogP contribution in [-0.4, -0.2) is 14.8 Å². The molecule has 0 fully saturated rings. The minimum absolute atomic E-state index is 0.490. The summed E-state index contributed by atoms with van der Waals surface area (Å²) < 4.78 is 1.65. The van der Waals surface area contributed by atoms with Crippen LogP contribution >= 0.6 is 22.9 Å². The molecule has 0 spiro atoms. The molecule has 0 bridgehead atoms. The van der Waals surface area contributed by atoms with Crippen LogP contribution in [0.15, 0.2) is 17.9 Å². The maximum Gasteiger partial charge on any atom is 0.141 e. The second kappa shape index (κ2) is 3.35. The van der Waals surface area contributed by atoms with Gasteiger partial charge in [0.2, 0.25) is 0 Å². The summed E-state index contributed by atoms with van der Waals surface area (Å²) >= 11 is 7.31. The van der Waals surface area contributed by atoms with Gasteiger partial charge in [-0.2, -0.15) is 5.10 Å². The van der Waals surface area contributed by atoms with Crippen molar-refractivity contribution in [2.75, 3.05) is 5.73 Å². The molecule has 68 valence electrons. The van der Waals surface area contributed by atoms with Gasteiger partial charge in [0.15, 0.2) is 0 Å². The molecule has 4 nitrogen and oxygen atoms in total. The molecule has 0 aromatic carbocycles. The number of nitrogens with two attached hydrogens (primary N) is 1. The molecule has 0 unspecified atom stereocenters. The Balaban J connectivity index is 2.24. The summed E-state index contributed by atoms with van der Waals surface area (Å²) in [6.07, 6.45) is 3.33. The number of thiazole rings is 1. The van der Waals surface area contributed by atoms with Gasteiger partial charge in [-0.3, -0.25) is 4.98 Å². The van der Waals surface area contributed by atoms with E-state index >= 15 is 0 Å². The molecule has 2 N–H and O–H groups in total. The topological polar surface area (TPSA) is 56.7 Å². The van der Waals surface area contributed by atoms with Crippen molar-refractivity contribution in [3.8, 4) is 0 Å². The molecule has 13 heavy (non-hydrogen) atoms. The largest absolute Gasteiger partial charge is 0.383 e. The Bertz CT molecular complexity index is 395. The molecule has 0 aliphatic heterocycles. The molecule has 0 saturated heterocycles. The van der Waals surface area contributed by atoms with E-state index < -0.39 is 0 Å². The monoisotopic (exact) mass is 214 g/mol. The first kappa shape index (κ1) is 8.52. The highest BCUT2D eigenvalue weighted by atomic mass is 35.5. The number of nitrogen functional groups attached to an aromatic ring is 1. The molecule has 2 aromatic rings. The number of halogens is 1. The second-order valence-electron chi connectivity index (χ2n) is 2.50. The Labute approximate surface area is 84.0 Å². The Morgan fingerprint density at radius 2 is 2.38 bits per heavy atom. The van der Waals surface area contributed by atoms with Gasteiger partial charge in [-0.25, -0.2) is 4.68 Å². The van der Waals surface area contributed by atoms with Crippen molar-refractivity contribution >= 4 is 28.8 Å². The molecule has 2 heterocycles. The number of anilines is 1. The van der Waals surface area contributed by atoms with Crippen molar-refractivity contribution in [2.45, 2.75) is 6.54 Å². The summed E-state index contributed by atoms with van der Waals surface area (Å²) in [5.74, 6) is 0.495. The second-order valence-corrected chi connectivity index (χ2v) is 3.88. The maximum atomic E-state index is 5.75. The first-order valence-corrected chi connectivity index (χ1v) is 4.87. The number of aromatic nitrogens is 3. The summed E-state index contributed by atoms with van der Waals surface area (Å²) in [7, 11) is 0. The summed E-state index contributed by atoms with van der Waals surface area (Å²) in [5.41, 5.74) is 7.45. The van der Waals surface area contributed by atoms with Gasteiger partial charge in [-0.15, -0.1) is 11.3 Å². The average Bonchev–Trinajstić information content (AvgIpc) is 2.71. The van der Waals surface area contributed by atoms with Gasteiger partial charge in [-0.1, -0.05) is 11.6 Å². The zero-order chi connectivity index (χ0) is 9.26. The molecular formula is C7H7ClN4S. The van der Waals surface area contributed by atoms with Crippen LogP contribution in [0, 0.1) is 0 Å². The van der Waals surface area contributed by atoms with Crippen molar-refractivity contribution in [2.24, 2.45) is 0 Å². The number of hydrogen-bond donors (Lipinski definition) is 1. The van der Waals surface area contributed by atoms with Gasteiger partial charge in [0.1, 0.15) is 10.8 Å². The van der Waals surface area contributed by atoms with E-state index in [9.17, 15) is 0 Å².